The molecule has 2 N–H and O–H groups in total. The number of aromatic nitrogens is 2. The Morgan fingerprint density at radius 1 is 1.14 bits per heavy atom. The van der Waals surface area contributed by atoms with E-state index in [0.717, 1.165) is 29.9 Å². The van der Waals surface area contributed by atoms with Gasteiger partial charge < -0.3 is 4.74 Å². The lowest BCUT2D eigenvalue weighted by Crippen LogP contribution is -2.17. The second kappa shape index (κ2) is 10.2. The molecule has 3 rings (SSSR count). The number of ether oxygens (including phenoxy) is 1. The zero-order valence-corrected chi connectivity index (χ0v) is 16.8. The maximum absolute atomic E-state index is 12.2. The maximum Gasteiger partial charge on any atom is 0.289 e. The third kappa shape index (κ3) is 6.04. The fraction of sp³-hybridized carbons (Fsp3) is 0.261. The van der Waals surface area contributed by atoms with Crippen LogP contribution in [0, 0.1) is 6.92 Å². The van der Waals surface area contributed by atoms with Gasteiger partial charge in [0.15, 0.2) is 0 Å². The standard InChI is InChI=1S/C23H26N4O2/c1-3-4-5-14-29-20-12-8-18(9-13-20)16-24-27-23(28)22-15-21(25-26-22)19-10-6-17(2)7-11-19/h6-13,15-16H,3-5,14H2,1-2H3,(H,25,26)(H,27,28)/b24-16+. The molecular weight excluding hydrogens is 364 g/mol. The van der Waals surface area contributed by atoms with Gasteiger partial charge in [-0.2, -0.15) is 10.2 Å². The van der Waals surface area contributed by atoms with Gasteiger partial charge in [0.25, 0.3) is 5.91 Å². The summed E-state index contributed by atoms with van der Waals surface area (Å²) in [4.78, 5) is 12.2. The van der Waals surface area contributed by atoms with E-state index in [9.17, 15) is 4.79 Å². The third-order valence-electron chi connectivity index (χ3n) is 4.45. The van der Waals surface area contributed by atoms with Crippen molar-refractivity contribution in [3.63, 3.8) is 0 Å². The van der Waals surface area contributed by atoms with Crippen molar-refractivity contribution in [3.05, 3.63) is 71.4 Å². The van der Waals surface area contributed by atoms with E-state index in [4.69, 9.17) is 4.74 Å². The van der Waals surface area contributed by atoms with Crippen LogP contribution in [0.4, 0.5) is 0 Å². The fourth-order valence-electron chi connectivity index (χ4n) is 2.73. The van der Waals surface area contributed by atoms with Gasteiger partial charge in [0, 0.05) is 5.56 Å². The van der Waals surface area contributed by atoms with E-state index in [0.29, 0.717) is 11.4 Å². The zero-order valence-electron chi connectivity index (χ0n) is 16.8. The van der Waals surface area contributed by atoms with Crippen LogP contribution in [-0.2, 0) is 0 Å². The summed E-state index contributed by atoms with van der Waals surface area (Å²) in [6.45, 7) is 4.92. The number of H-pyrrole nitrogens is 1. The number of aromatic amines is 1. The molecule has 3 aromatic rings. The summed E-state index contributed by atoms with van der Waals surface area (Å²) < 4.78 is 5.68. The highest BCUT2D eigenvalue weighted by molar-refractivity contribution is 5.94. The molecule has 0 saturated carbocycles. The van der Waals surface area contributed by atoms with E-state index in [1.54, 1.807) is 12.3 Å². The van der Waals surface area contributed by atoms with Gasteiger partial charge in [-0.15, -0.1) is 0 Å². The van der Waals surface area contributed by atoms with Crippen molar-refractivity contribution in [1.29, 1.82) is 0 Å². The van der Waals surface area contributed by atoms with Crippen molar-refractivity contribution < 1.29 is 9.53 Å². The highest BCUT2D eigenvalue weighted by Crippen LogP contribution is 2.18. The highest BCUT2D eigenvalue weighted by atomic mass is 16.5. The Hall–Kier alpha value is -3.41. The second-order valence-corrected chi connectivity index (χ2v) is 6.86. The smallest absolute Gasteiger partial charge is 0.289 e. The Morgan fingerprint density at radius 2 is 1.90 bits per heavy atom. The fourth-order valence-corrected chi connectivity index (χ4v) is 2.73. The first-order chi connectivity index (χ1) is 14.2. The quantitative estimate of drug-likeness (QED) is 0.315. The largest absolute Gasteiger partial charge is 0.494 e. The number of carbonyl (C=O) groups excluding carboxylic acids is 1. The van der Waals surface area contributed by atoms with Crippen LogP contribution in [0.15, 0.2) is 59.7 Å². The highest BCUT2D eigenvalue weighted by Gasteiger charge is 2.10. The number of hydrogen-bond donors (Lipinski definition) is 2. The molecule has 0 bridgehead atoms. The number of nitrogens with zero attached hydrogens (tertiary/aromatic N) is 2. The molecule has 0 aliphatic rings. The van der Waals surface area contributed by atoms with Gasteiger partial charge >= 0.3 is 0 Å². The molecule has 0 saturated heterocycles. The predicted molar refractivity (Wildman–Crippen MR) is 115 cm³/mol. The predicted octanol–water partition coefficient (Wildman–Crippen LogP) is 4.72. The van der Waals surface area contributed by atoms with E-state index in [-0.39, 0.29) is 5.91 Å². The van der Waals surface area contributed by atoms with Gasteiger partial charge in [-0.25, -0.2) is 5.43 Å². The van der Waals surface area contributed by atoms with Crippen LogP contribution in [0.25, 0.3) is 11.3 Å². The van der Waals surface area contributed by atoms with Gasteiger partial charge in [0.2, 0.25) is 0 Å². The number of hydrazone groups is 1. The first kappa shape index (κ1) is 20.3. The normalized spacial score (nSPS) is 11.0. The minimum Gasteiger partial charge on any atom is -0.494 e. The number of carbonyl (C=O) groups is 1. The molecule has 0 atom stereocenters. The molecule has 6 nitrogen and oxygen atoms in total. The van der Waals surface area contributed by atoms with Crippen LogP contribution < -0.4 is 10.2 Å². The van der Waals surface area contributed by atoms with Crippen LogP contribution >= 0.6 is 0 Å². The zero-order chi connectivity index (χ0) is 20.5. The van der Waals surface area contributed by atoms with E-state index < -0.39 is 0 Å². The van der Waals surface area contributed by atoms with Crippen LogP contribution in [-0.4, -0.2) is 28.9 Å². The minimum atomic E-state index is -0.344. The van der Waals surface area contributed by atoms with Gasteiger partial charge in [-0.05, 0) is 49.2 Å². The summed E-state index contributed by atoms with van der Waals surface area (Å²) in [6.07, 6.45) is 5.00. The molecule has 150 valence electrons. The Balaban J connectivity index is 1.51. The van der Waals surface area contributed by atoms with Crippen molar-refractivity contribution in [1.82, 2.24) is 15.6 Å². The Labute approximate surface area is 171 Å². The molecule has 29 heavy (non-hydrogen) atoms. The first-order valence-corrected chi connectivity index (χ1v) is 9.84. The van der Waals surface area contributed by atoms with Crippen molar-refractivity contribution in [2.24, 2.45) is 5.10 Å². The molecule has 0 unspecified atom stereocenters. The molecule has 1 aromatic heterocycles. The number of hydrogen-bond acceptors (Lipinski definition) is 4. The number of benzene rings is 2. The van der Waals surface area contributed by atoms with Gasteiger partial charge in [-0.3, -0.25) is 9.89 Å². The van der Waals surface area contributed by atoms with Gasteiger partial charge in [0.1, 0.15) is 11.4 Å². The maximum atomic E-state index is 12.2. The monoisotopic (exact) mass is 390 g/mol. The lowest BCUT2D eigenvalue weighted by molar-refractivity contribution is 0.0950. The number of rotatable bonds is 9. The molecule has 1 heterocycles. The number of nitrogens with one attached hydrogen (secondary N) is 2. The average Bonchev–Trinajstić information content (AvgIpc) is 3.23. The molecule has 0 aliphatic heterocycles. The Morgan fingerprint density at radius 3 is 2.62 bits per heavy atom. The van der Waals surface area contributed by atoms with Crippen molar-refractivity contribution in [2.45, 2.75) is 33.1 Å². The Kier molecular flexibility index (Phi) is 7.16. The number of unbranched alkanes of at least 4 members (excludes halogenated alkanes) is 2. The van der Waals surface area contributed by atoms with Crippen molar-refractivity contribution in [3.8, 4) is 17.0 Å². The molecular formula is C23H26N4O2. The summed E-state index contributed by atoms with van der Waals surface area (Å²) >= 11 is 0. The van der Waals surface area contributed by atoms with Gasteiger partial charge in [0.05, 0.1) is 18.5 Å². The molecule has 0 fully saturated rings. The molecule has 1 amide bonds. The molecule has 6 heteroatoms. The molecule has 0 aliphatic carbocycles. The van der Waals surface area contributed by atoms with E-state index in [2.05, 4.69) is 27.6 Å². The van der Waals surface area contributed by atoms with Crippen LogP contribution in [0.3, 0.4) is 0 Å². The lowest BCUT2D eigenvalue weighted by Gasteiger charge is -2.05. The number of aryl methyl sites for hydroxylation is 1. The summed E-state index contributed by atoms with van der Waals surface area (Å²) in [6, 6.07) is 17.3. The first-order valence-electron chi connectivity index (χ1n) is 9.84. The topological polar surface area (TPSA) is 79.4 Å². The van der Waals surface area contributed by atoms with E-state index in [1.807, 2.05) is 55.5 Å². The van der Waals surface area contributed by atoms with Crippen molar-refractivity contribution >= 4 is 12.1 Å². The average molecular weight is 390 g/mol. The van der Waals surface area contributed by atoms with Crippen LogP contribution in [0.2, 0.25) is 0 Å². The summed E-state index contributed by atoms with van der Waals surface area (Å²) in [5.41, 5.74) is 6.58. The Bertz CT molecular complexity index is 944. The minimum absolute atomic E-state index is 0.344. The molecule has 0 radical (unpaired) electrons. The van der Waals surface area contributed by atoms with E-state index >= 15 is 0 Å². The SMILES string of the molecule is CCCCCOc1ccc(/C=N/NC(=O)c2cc(-c3ccc(C)cc3)n[nH]2)cc1. The second-order valence-electron chi connectivity index (χ2n) is 6.86. The van der Waals surface area contributed by atoms with Crippen molar-refractivity contribution in [2.75, 3.05) is 6.61 Å². The summed E-state index contributed by atoms with van der Waals surface area (Å²) in [5, 5.41) is 11.0. The number of amides is 1. The molecule has 2 aromatic carbocycles. The van der Waals surface area contributed by atoms with Gasteiger partial charge in [-0.1, -0.05) is 49.6 Å². The summed E-state index contributed by atoms with van der Waals surface area (Å²) in [5.74, 6) is 0.492. The lowest BCUT2D eigenvalue weighted by atomic mass is 10.1. The van der Waals surface area contributed by atoms with Crippen LogP contribution in [0.5, 0.6) is 5.75 Å². The summed E-state index contributed by atoms with van der Waals surface area (Å²) in [7, 11) is 0. The molecule has 0 spiro atoms. The third-order valence-corrected chi connectivity index (χ3v) is 4.45. The van der Waals surface area contributed by atoms with E-state index in [1.165, 1.54) is 18.4 Å². The van der Waals surface area contributed by atoms with Crippen LogP contribution in [0.1, 0.15) is 47.8 Å².